The number of ketones is 1. The van der Waals surface area contributed by atoms with Gasteiger partial charge in [0.1, 0.15) is 42.3 Å². The summed E-state index contributed by atoms with van der Waals surface area (Å²) in [6.07, 6.45) is 4.91. The van der Waals surface area contributed by atoms with E-state index in [4.69, 9.17) is 42.6 Å². The van der Waals surface area contributed by atoms with E-state index in [1.807, 2.05) is 4.90 Å². The molecule has 0 saturated carbocycles. The van der Waals surface area contributed by atoms with Crippen LogP contribution in [-0.2, 0) is 92.2 Å². The van der Waals surface area contributed by atoms with Crippen LogP contribution in [0.1, 0.15) is 122 Å². The summed E-state index contributed by atoms with van der Waals surface area (Å²) in [7, 11) is 1.57. The summed E-state index contributed by atoms with van der Waals surface area (Å²) in [4.78, 5) is 122. The van der Waals surface area contributed by atoms with Crippen molar-refractivity contribution < 1.29 is 90.9 Å². The number of imide groups is 1. The molecule has 13 rings (SSSR count). The van der Waals surface area contributed by atoms with Gasteiger partial charge < -0.3 is 79.2 Å². The van der Waals surface area contributed by atoms with E-state index in [2.05, 4.69) is 46.7 Å². The molecule has 1 aromatic rings. The van der Waals surface area contributed by atoms with Crippen LogP contribution in [-0.4, -0.2) is 255 Å². The molecule has 1 aromatic carbocycles. The number of methoxy groups -OCH3 is 1. The molecule has 6 N–H and O–H groups in total. The van der Waals surface area contributed by atoms with Gasteiger partial charge in [-0.2, -0.15) is 0 Å². The zero-order valence-corrected chi connectivity index (χ0v) is 56.4. The quantitative estimate of drug-likeness (QED) is 0.0511. The predicted octanol–water partition coefficient (Wildman–Crippen LogP) is 1.30. The van der Waals surface area contributed by atoms with Crippen LogP contribution in [0.5, 0.6) is 0 Å². The van der Waals surface area contributed by atoms with Crippen LogP contribution in [0.15, 0.2) is 66.8 Å². The van der Waals surface area contributed by atoms with Crippen molar-refractivity contribution in [2.45, 2.75) is 232 Å². The molecule has 536 valence electrons. The topological polar surface area (TPSA) is 327 Å². The zero-order valence-electron chi connectivity index (χ0n) is 56.4. The number of rotatable bonds is 23. The molecule has 12 aliphatic heterocycles. The third-order valence-corrected chi connectivity index (χ3v) is 21.8. The van der Waals surface area contributed by atoms with E-state index in [0.717, 1.165) is 48.2 Å². The number of hydrogen-bond donors (Lipinski definition) is 6. The first-order chi connectivity index (χ1) is 47.2. The lowest BCUT2D eigenvalue weighted by Crippen LogP contribution is -2.61. The summed E-state index contributed by atoms with van der Waals surface area (Å²) in [6, 6.07) is 7.76. The normalized spacial score (nSPS) is 35.1. The summed E-state index contributed by atoms with van der Waals surface area (Å²) in [5, 5.41) is 24.6. The van der Waals surface area contributed by atoms with E-state index >= 15 is 0 Å². The molecule has 98 heavy (non-hydrogen) atoms. The van der Waals surface area contributed by atoms with E-state index in [9.17, 15) is 48.3 Å². The van der Waals surface area contributed by atoms with Crippen LogP contribution in [0.2, 0.25) is 0 Å². The van der Waals surface area contributed by atoms with Gasteiger partial charge >= 0.3 is 0 Å². The Labute approximate surface area is 571 Å². The lowest BCUT2D eigenvalue weighted by molar-refractivity contribution is -0.292. The van der Waals surface area contributed by atoms with Gasteiger partial charge in [0, 0.05) is 129 Å². The van der Waals surface area contributed by atoms with Gasteiger partial charge in [-0.25, -0.2) is 0 Å². The van der Waals surface area contributed by atoms with Gasteiger partial charge in [-0.05, 0) is 80.4 Å². The molecular formula is C71H98N8O19. The van der Waals surface area contributed by atoms with Crippen molar-refractivity contribution in [2.75, 3.05) is 72.6 Å². The number of fused-ring (bicyclic) bond motifs is 6. The van der Waals surface area contributed by atoms with Crippen LogP contribution in [0, 0.1) is 11.8 Å². The molecule has 12 aliphatic rings. The van der Waals surface area contributed by atoms with Crippen molar-refractivity contribution >= 4 is 53.0 Å². The SMILES string of the molecule is C=C1C[C@@H]2CC[C@@]34C[C@H]5OC6C(O[C@H]7CC[C@H](CC(=O)C[C@@H]8[C@@H](OC)[C@@H](C[C@H](O)CNC(=O)CNC(=O)[C@H](Cc9ccccc9)NC(=O)CNC(=O)CNC(=O)CCN9CCN(C(=O)CCCCN%10C(=O)C=CC%10=O)CC9)O[C@H]8C[C@H]8O[C@@H](CC[C@@H]1O2)C[C@@H](C)C8=C)O[C@@H]7[C@@H]6O3)[C@H]5O4. The van der Waals surface area contributed by atoms with Gasteiger partial charge in [-0.15, -0.1) is 0 Å². The van der Waals surface area contributed by atoms with Crippen molar-refractivity contribution in [1.29, 1.82) is 0 Å². The number of nitrogens with one attached hydrogen (secondary N) is 5. The molecule has 0 aliphatic carbocycles. The number of carbonyl (C=O) groups excluding carboxylic acids is 9. The molecule has 12 heterocycles. The fourth-order valence-corrected chi connectivity index (χ4v) is 16.5. The summed E-state index contributed by atoms with van der Waals surface area (Å²) in [6.45, 7) is 12.3. The number of nitrogens with zero attached hydrogens (tertiary/aromatic N) is 3. The maximum Gasteiger partial charge on any atom is 0.253 e. The average Bonchev–Trinajstić information content (AvgIpc) is 1.55. The molecule has 11 saturated heterocycles. The highest BCUT2D eigenvalue weighted by molar-refractivity contribution is 6.12. The minimum atomic E-state index is -1.16. The molecule has 27 heteroatoms. The molecule has 0 aromatic heterocycles. The summed E-state index contributed by atoms with van der Waals surface area (Å²) in [5.74, 6) is -4.86. The average molecular weight is 1370 g/mol. The lowest BCUT2D eigenvalue weighted by Gasteiger charge is -2.47. The first-order valence-electron chi connectivity index (χ1n) is 35.6. The Balaban J connectivity index is 0.599. The second kappa shape index (κ2) is 32.1. The van der Waals surface area contributed by atoms with E-state index < -0.39 is 104 Å². The standard InChI is InChI=1S/C71H98N8O19/c1-40-28-46-13-15-51-41(2)29-48(91-51)19-21-71-35-56-66(97-71)67-68(96-56)69(98-71)65-52(95-67)16-14-47(93-65)31-44(80)32-49-54(34-53(92-46)42(40)3)94-55(64(49)90-4)33-45(81)36-72-59(84)38-75-70(89)50(30-43-10-6-5-7-11-43)76-60(85)39-74-58(83)37-73-57(82)20-23-77-24-26-78(27-25-77)61(86)12-8-9-22-79-62(87)17-18-63(79)88/h5-7,10-11,17-18,40,45-56,64-69,81H,2-3,8-9,12-16,19-39H2,1,4H3,(H,72,84)(H,73,82)(H,74,83)(H,75,89)(H,76,85)/t40-,45+,46+,47-,48+,49+,50+,51+,52+,53-,54+,55-,56-,64-,65+,66+,67?,68?,69+,71+/m1/s1. The Morgan fingerprint density at radius 2 is 1.36 bits per heavy atom. The number of amides is 8. The minimum Gasteiger partial charge on any atom is -0.391 e. The van der Waals surface area contributed by atoms with Crippen molar-refractivity contribution in [3.8, 4) is 0 Å². The van der Waals surface area contributed by atoms with Gasteiger partial charge in [0.05, 0.1) is 86.8 Å². The molecule has 20 atom stereocenters. The van der Waals surface area contributed by atoms with E-state index in [-0.39, 0.29) is 135 Å². The highest BCUT2D eigenvalue weighted by Crippen LogP contribution is 2.54. The predicted molar refractivity (Wildman–Crippen MR) is 349 cm³/mol. The lowest BCUT2D eigenvalue weighted by atomic mass is 9.81. The summed E-state index contributed by atoms with van der Waals surface area (Å²) < 4.78 is 60.8. The number of aliphatic hydroxyl groups excluding tert-OH is 1. The fraction of sp³-hybridized carbons (Fsp3) is 0.704. The van der Waals surface area contributed by atoms with E-state index in [1.54, 1.807) is 42.3 Å². The first-order valence-corrected chi connectivity index (χ1v) is 35.6. The maximum absolute atomic E-state index is 14.6. The highest BCUT2D eigenvalue weighted by Gasteiger charge is 2.69. The number of carbonyl (C=O) groups is 9. The summed E-state index contributed by atoms with van der Waals surface area (Å²) in [5.41, 5.74) is 2.73. The molecule has 1 spiro atoms. The Bertz CT molecular complexity index is 3130. The van der Waals surface area contributed by atoms with Crippen LogP contribution in [0.25, 0.3) is 0 Å². The Morgan fingerprint density at radius 1 is 0.663 bits per heavy atom. The van der Waals surface area contributed by atoms with Crippen LogP contribution >= 0.6 is 0 Å². The monoisotopic (exact) mass is 1370 g/mol. The molecule has 2 unspecified atom stereocenters. The minimum absolute atomic E-state index is 0.00877. The zero-order chi connectivity index (χ0) is 68.8. The second-order valence-electron chi connectivity index (χ2n) is 28.7. The first kappa shape index (κ1) is 71.5. The number of hydrogen-bond acceptors (Lipinski definition) is 20. The molecule has 11 fully saturated rings. The maximum atomic E-state index is 14.6. The van der Waals surface area contributed by atoms with Crippen molar-refractivity contribution in [1.82, 2.24) is 41.3 Å². The van der Waals surface area contributed by atoms with Gasteiger partial charge in [0.15, 0.2) is 5.79 Å². The molecule has 8 amide bonds. The van der Waals surface area contributed by atoms with E-state index in [0.29, 0.717) is 89.7 Å². The fourth-order valence-electron chi connectivity index (χ4n) is 16.5. The molecule has 12 bridgehead atoms. The van der Waals surface area contributed by atoms with Crippen molar-refractivity contribution in [3.63, 3.8) is 0 Å². The third kappa shape index (κ3) is 17.3. The number of benzene rings is 1. The molecular weight excluding hydrogens is 1270 g/mol. The largest absolute Gasteiger partial charge is 0.391 e. The summed E-state index contributed by atoms with van der Waals surface area (Å²) >= 11 is 0. The van der Waals surface area contributed by atoms with E-state index in [1.165, 1.54) is 12.2 Å². The number of aliphatic hydroxyl groups is 1. The van der Waals surface area contributed by atoms with Crippen LogP contribution in [0.3, 0.4) is 0 Å². The number of Topliss-reactive ketones (excluding diaryl/α,β-unsaturated/α-hetero) is 1. The van der Waals surface area contributed by atoms with Gasteiger partial charge in [-0.3, -0.25) is 53.0 Å². The number of piperazine rings is 1. The van der Waals surface area contributed by atoms with Crippen LogP contribution in [0.4, 0.5) is 0 Å². The molecule has 0 radical (unpaired) electrons. The highest BCUT2D eigenvalue weighted by atomic mass is 16.8. The molecule has 27 nitrogen and oxygen atoms in total. The Kier molecular flexibility index (Phi) is 23.4. The Morgan fingerprint density at radius 3 is 2.14 bits per heavy atom. The van der Waals surface area contributed by atoms with Crippen molar-refractivity contribution in [3.05, 3.63) is 72.4 Å². The second-order valence-corrected chi connectivity index (χ2v) is 28.7. The van der Waals surface area contributed by atoms with Gasteiger partial charge in [-0.1, -0.05) is 50.4 Å². The smallest absolute Gasteiger partial charge is 0.253 e. The number of unbranched alkanes of at least 4 members (excludes halogenated alkanes) is 1. The third-order valence-electron chi connectivity index (χ3n) is 21.8. The van der Waals surface area contributed by atoms with Gasteiger partial charge in [0.25, 0.3) is 11.8 Å². The number of ether oxygens (including phenoxy) is 9. The van der Waals surface area contributed by atoms with Crippen molar-refractivity contribution in [2.24, 2.45) is 11.8 Å². The van der Waals surface area contributed by atoms with Gasteiger partial charge in [0.2, 0.25) is 35.4 Å². The van der Waals surface area contributed by atoms with Crippen LogP contribution < -0.4 is 26.6 Å². The Hall–Kier alpha value is -6.37.